The summed E-state index contributed by atoms with van der Waals surface area (Å²) in [6, 6.07) is 16.5. The van der Waals surface area contributed by atoms with Gasteiger partial charge in [-0.1, -0.05) is 53.7 Å². The number of amides is 2. The van der Waals surface area contributed by atoms with Crippen molar-refractivity contribution in [3.05, 3.63) is 81.1 Å². The summed E-state index contributed by atoms with van der Waals surface area (Å²) < 4.78 is 1.70. The average Bonchev–Trinajstić information content (AvgIpc) is 2.97. The summed E-state index contributed by atoms with van der Waals surface area (Å²) in [5.41, 5.74) is 2.39. The molecule has 0 spiro atoms. The standard InChI is InChI=1S/C20H15ClN2O3S/c21-14-7-5-12(6-8-14)11-23-16-4-2-1-3-15(16)13(10-18(23)24)9-17-19(25)22-20(26)27-17/h1-8,10,17H,9,11H2,(H,22,25,26). The maximum absolute atomic E-state index is 12.8. The van der Waals surface area contributed by atoms with Crippen LogP contribution in [0.1, 0.15) is 11.1 Å². The maximum Gasteiger partial charge on any atom is 0.286 e. The molecule has 2 heterocycles. The summed E-state index contributed by atoms with van der Waals surface area (Å²) in [7, 11) is 0. The highest BCUT2D eigenvalue weighted by Crippen LogP contribution is 2.26. The number of rotatable bonds is 4. The molecule has 3 aromatic rings. The quantitative estimate of drug-likeness (QED) is 0.729. The van der Waals surface area contributed by atoms with E-state index in [4.69, 9.17) is 11.6 Å². The molecule has 1 saturated heterocycles. The molecule has 1 aliphatic rings. The molecule has 0 aliphatic carbocycles. The van der Waals surface area contributed by atoms with Crippen molar-refractivity contribution in [1.82, 2.24) is 9.88 Å². The molecule has 1 aliphatic heterocycles. The predicted octanol–water partition coefficient (Wildman–Crippen LogP) is 3.60. The second-order valence-electron chi connectivity index (χ2n) is 6.32. The number of hydrogen-bond donors (Lipinski definition) is 1. The Morgan fingerprint density at radius 2 is 1.78 bits per heavy atom. The Morgan fingerprint density at radius 1 is 1.04 bits per heavy atom. The number of imide groups is 1. The largest absolute Gasteiger partial charge is 0.304 e. The third kappa shape index (κ3) is 3.63. The molecule has 1 atom stereocenters. The van der Waals surface area contributed by atoms with Gasteiger partial charge in [0.1, 0.15) is 0 Å². The summed E-state index contributed by atoms with van der Waals surface area (Å²) in [4.78, 5) is 36.1. The molecule has 4 rings (SSSR count). The first-order valence-electron chi connectivity index (χ1n) is 8.38. The van der Waals surface area contributed by atoms with Gasteiger partial charge in [-0.2, -0.15) is 0 Å². The van der Waals surface area contributed by atoms with E-state index >= 15 is 0 Å². The Hall–Kier alpha value is -2.57. The van der Waals surface area contributed by atoms with Crippen LogP contribution in [0.3, 0.4) is 0 Å². The van der Waals surface area contributed by atoms with Gasteiger partial charge in [0, 0.05) is 16.5 Å². The number of fused-ring (bicyclic) bond motifs is 1. The molecule has 0 radical (unpaired) electrons. The van der Waals surface area contributed by atoms with E-state index in [-0.39, 0.29) is 16.7 Å². The van der Waals surface area contributed by atoms with Crippen LogP contribution in [0.5, 0.6) is 0 Å². The number of thioether (sulfide) groups is 1. The van der Waals surface area contributed by atoms with E-state index < -0.39 is 5.25 Å². The molecule has 7 heteroatoms. The van der Waals surface area contributed by atoms with Crippen LogP contribution in [0.4, 0.5) is 4.79 Å². The van der Waals surface area contributed by atoms with Crippen molar-refractivity contribution < 1.29 is 9.59 Å². The first-order chi connectivity index (χ1) is 13.0. The number of benzene rings is 2. The molecule has 1 aromatic heterocycles. The van der Waals surface area contributed by atoms with Gasteiger partial charge in [0.15, 0.2) is 0 Å². The summed E-state index contributed by atoms with van der Waals surface area (Å²) in [6.45, 7) is 0.425. The summed E-state index contributed by atoms with van der Waals surface area (Å²) in [5.74, 6) is -0.306. The Labute approximate surface area is 164 Å². The normalized spacial score (nSPS) is 16.7. The van der Waals surface area contributed by atoms with Gasteiger partial charge in [0.2, 0.25) is 5.91 Å². The number of pyridine rings is 1. The highest BCUT2D eigenvalue weighted by Gasteiger charge is 2.32. The SMILES string of the molecule is O=C1NC(=O)C(Cc2cc(=O)n(Cc3ccc(Cl)cc3)c3ccccc23)S1. The number of para-hydroxylation sites is 1. The molecule has 27 heavy (non-hydrogen) atoms. The van der Waals surface area contributed by atoms with Gasteiger partial charge >= 0.3 is 0 Å². The van der Waals surface area contributed by atoms with E-state index in [1.165, 1.54) is 0 Å². The van der Waals surface area contributed by atoms with Crippen LogP contribution in [0.2, 0.25) is 5.02 Å². The van der Waals surface area contributed by atoms with Crippen LogP contribution in [0.25, 0.3) is 10.9 Å². The number of aromatic nitrogens is 1. The Morgan fingerprint density at radius 3 is 2.48 bits per heavy atom. The van der Waals surface area contributed by atoms with Crippen LogP contribution in [-0.2, 0) is 17.8 Å². The van der Waals surface area contributed by atoms with Crippen LogP contribution >= 0.6 is 23.4 Å². The zero-order chi connectivity index (χ0) is 19.0. The molecule has 136 valence electrons. The van der Waals surface area contributed by atoms with E-state index in [0.717, 1.165) is 33.8 Å². The molecule has 2 amide bonds. The fraction of sp³-hybridized carbons (Fsp3) is 0.150. The van der Waals surface area contributed by atoms with Gasteiger partial charge in [-0.3, -0.25) is 19.7 Å². The Bertz CT molecular complexity index is 1110. The second-order valence-corrected chi connectivity index (χ2v) is 7.94. The van der Waals surface area contributed by atoms with Gasteiger partial charge in [0.25, 0.3) is 10.8 Å². The van der Waals surface area contributed by atoms with E-state index in [0.29, 0.717) is 18.0 Å². The number of nitrogens with zero attached hydrogens (tertiary/aromatic N) is 1. The van der Waals surface area contributed by atoms with Crippen molar-refractivity contribution in [3.8, 4) is 0 Å². The van der Waals surface area contributed by atoms with Crippen LogP contribution < -0.4 is 10.9 Å². The van der Waals surface area contributed by atoms with E-state index in [1.807, 2.05) is 36.4 Å². The molecule has 2 aromatic carbocycles. The first-order valence-corrected chi connectivity index (χ1v) is 9.64. The van der Waals surface area contributed by atoms with Crippen molar-refractivity contribution in [1.29, 1.82) is 0 Å². The van der Waals surface area contributed by atoms with Gasteiger partial charge in [0.05, 0.1) is 17.3 Å². The van der Waals surface area contributed by atoms with Crippen molar-refractivity contribution in [2.45, 2.75) is 18.2 Å². The van der Waals surface area contributed by atoms with Crippen molar-refractivity contribution >= 4 is 45.4 Å². The van der Waals surface area contributed by atoms with Crippen LogP contribution in [-0.4, -0.2) is 21.0 Å². The van der Waals surface area contributed by atoms with E-state index in [2.05, 4.69) is 5.32 Å². The molecular formula is C20H15ClN2O3S. The lowest BCUT2D eigenvalue weighted by Gasteiger charge is -2.15. The summed E-state index contributed by atoms with van der Waals surface area (Å²) in [5, 5.41) is 2.99. The topological polar surface area (TPSA) is 68.2 Å². The Balaban J connectivity index is 1.75. The zero-order valence-electron chi connectivity index (χ0n) is 14.1. The minimum absolute atomic E-state index is 0.145. The highest BCUT2D eigenvalue weighted by atomic mass is 35.5. The molecule has 1 unspecified atom stereocenters. The molecule has 5 nitrogen and oxygen atoms in total. The van der Waals surface area contributed by atoms with Crippen molar-refractivity contribution in [3.63, 3.8) is 0 Å². The van der Waals surface area contributed by atoms with E-state index in [1.54, 1.807) is 22.8 Å². The van der Waals surface area contributed by atoms with Crippen LogP contribution in [0, 0.1) is 0 Å². The molecule has 0 bridgehead atoms. The fourth-order valence-electron chi connectivity index (χ4n) is 3.24. The third-order valence-corrected chi connectivity index (χ3v) is 5.76. The average molecular weight is 399 g/mol. The van der Waals surface area contributed by atoms with Crippen molar-refractivity contribution in [2.75, 3.05) is 0 Å². The fourth-order valence-corrected chi connectivity index (χ4v) is 4.21. The number of nitrogens with one attached hydrogen (secondary N) is 1. The van der Waals surface area contributed by atoms with Gasteiger partial charge in [-0.25, -0.2) is 0 Å². The third-order valence-electron chi connectivity index (χ3n) is 4.53. The lowest BCUT2D eigenvalue weighted by atomic mass is 10.0. The number of hydrogen-bond acceptors (Lipinski definition) is 4. The monoisotopic (exact) mass is 398 g/mol. The minimum Gasteiger partial charge on any atom is -0.304 e. The Kier molecular flexibility index (Phi) is 4.76. The molecular weight excluding hydrogens is 384 g/mol. The molecule has 1 fully saturated rings. The zero-order valence-corrected chi connectivity index (χ0v) is 15.7. The van der Waals surface area contributed by atoms with Crippen LogP contribution in [0.15, 0.2) is 59.4 Å². The number of carbonyl (C=O) groups is 2. The van der Waals surface area contributed by atoms with Gasteiger partial charge in [-0.05, 0) is 35.7 Å². The predicted molar refractivity (Wildman–Crippen MR) is 107 cm³/mol. The number of halogens is 1. The highest BCUT2D eigenvalue weighted by molar-refractivity contribution is 8.15. The summed E-state index contributed by atoms with van der Waals surface area (Å²) in [6.07, 6.45) is 0.333. The van der Waals surface area contributed by atoms with Crippen molar-refractivity contribution in [2.24, 2.45) is 0 Å². The van der Waals surface area contributed by atoms with E-state index in [9.17, 15) is 14.4 Å². The molecule has 0 saturated carbocycles. The number of carbonyl (C=O) groups excluding carboxylic acids is 2. The minimum atomic E-state index is -0.507. The lowest BCUT2D eigenvalue weighted by molar-refractivity contribution is -0.118. The first kappa shape index (κ1) is 17.8. The lowest BCUT2D eigenvalue weighted by Crippen LogP contribution is -2.27. The van der Waals surface area contributed by atoms with Gasteiger partial charge < -0.3 is 4.57 Å². The second kappa shape index (κ2) is 7.21. The molecule has 1 N–H and O–H groups in total. The summed E-state index contributed by atoms with van der Waals surface area (Å²) >= 11 is 6.91. The van der Waals surface area contributed by atoms with Gasteiger partial charge in [-0.15, -0.1) is 0 Å². The smallest absolute Gasteiger partial charge is 0.286 e. The maximum atomic E-state index is 12.8.